The minimum atomic E-state index is -0.298. The second-order valence-electron chi connectivity index (χ2n) is 5.05. The van der Waals surface area contributed by atoms with Gasteiger partial charge in [-0.15, -0.1) is 0 Å². The molecule has 0 aromatic carbocycles. The van der Waals surface area contributed by atoms with E-state index in [9.17, 15) is 4.79 Å². The van der Waals surface area contributed by atoms with Gasteiger partial charge in [0.05, 0.1) is 0 Å². The van der Waals surface area contributed by atoms with E-state index < -0.39 is 0 Å². The van der Waals surface area contributed by atoms with Crippen LogP contribution in [0.3, 0.4) is 0 Å². The summed E-state index contributed by atoms with van der Waals surface area (Å²) in [6.07, 6.45) is 1.80. The largest absolute Gasteiger partial charge is 0.337 e. The predicted octanol–water partition coefficient (Wildman–Crippen LogP) is 1.99. The number of carbonyl (C=O) groups is 1. The minimum absolute atomic E-state index is 0.173. The standard InChI is InChI=1S/C13H19N5O2/c1-8(2)18-7-6-11(15-18)13(19)17(5)9(3)12-14-10(4)16-20-12/h6-9H,1-5H3/t9-/m1/s1. The average molecular weight is 277 g/mol. The lowest BCUT2D eigenvalue weighted by Gasteiger charge is -2.20. The molecule has 0 aliphatic carbocycles. The SMILES string of the molecule is Cc1noc([C@@H](C)N(C)C(=O)c2ccn(C(C)C)n2)n1. The smallest absolute Gasteiger partial charge is 0.274 e. The van der Waals surface area contributed by atoms with Gasteiger partial charge in [0.15, 0.2) is 5.82 Å². The number of rotatable bonds is 4. The normalized spacial score (nSPS) is 12.7. The van der Waals surface area contributed by atoms with Crippen LogP contribution in [-0.4, -0.2) is 37.8 Å². The van der Waals surface area contributed by atoms with E-state index in [0.717, 1.165) is 0 Å². The molecular weight excluding hydrogens is 258 g/mol. The monoisotopic (exact) mass is 277 g/mol. The number of hydrogen-bond acceptors (Lipinski definition) is 5. The lowest BCUT2D eigenvalue weighted by molar-refractivity contribution is 0.0709. The van der Waals surface area contributed by atoms with Gasteiger partial charge in [0.25, 0.3) is 5.91 Å². The molecule has 20 heavy (non-hydrogen) atoms. The van der Waals surface area contributed by atoms with Gasteiger partial charge in [-0.05, 0) is 33.8 Å². The van der Waals surface area contributed by atoms with Crippen LogP contribution < -0.4 is 0 Å². The van der Waals surface area contributed by atoms with Crippen molar-refractivity contribution in [2.75, 3.05) is 7.05 Å². The Kier molecular flexibility index (Phi) is 3.87. The van der Waals surface area contributed by atoms with E-state index >= 15 is 0 Å². The molecule has 1 atom stereocenters. The summed E-state index contributed by atoms with van der Waals surface area (Å²) in [5.74, 6) is 0.797. The van der Waals surface area contributed by atoms with E-state index in [-0.39, 0.29) is 18.0 Å². The van der Waals surface area contributed by atoms with Crippen molar-refractivity contribution >= 4 is 5.91 Å². The lowest BCUT2D eigenvalue weighted by atomic mass is 10.2. The highest BCUT2D eigenvalue weighted by Crippen LogP contribution is 2.18. The molecule has 0 unspecified atom stereocenters. The quantitative estimate of drug-likeness (QED) is 0.854. The molecule has 2 aromatic heterocycles. The van der Waals surface area contributed by atoms with Crippen LogP contribution in [0.1, 0.15) is 55.1 Å². The first kappa shape index (κ1) is 14.2. The summed E-state index contributed by atoms with van der Waals surface area (Å²) in [5, 5.41) is 8.01. The van der Waals surface area contributed by atoms with E-state index in [0.29, 0.717) is 17.4 Å². The highest BCUT2D eigenvalue weighted by atomic mass is 16.5. The molecule has 0 aliphatic heterocycles. The van der Waals surface area contributed by atoms with Gasteiger partial charge in [0, 0.05) is 19.3 Å². The zero-order valence-electron chi connectivity index (χ0n) is 12.4. The molecule has 0 saturated carbocycles. The van der Waals surface area contributed by atoms with Crippen molar-refractivity contribution in [3.8, 4) is 0 Å². The summed E-state index contributed by atoms with van der Waals surface area (Å²) in [7, 11) is 1.70. The van der Waals surface area contributed by atoms with Crippen LogP contribution in [0.4, 0.5) is 0 Å². The maximum absolute atomic E-state index is 12.4. The van der Waals surface area contributed by atoms with Crippen LogP contribution in [0.5, 0.6) is 0 Å². The van der Waals surface area contributed by atoms with E-state index in [4.69, 9.17) is 4.52 Å². The predicted molar refractivity (Wildman–Crippen MR) is 72.2 cm³/mol. The highest BCUT2D eigenvalue weighted by Gasteiger charge is 2.24. The molecular formula is C13H19N5O2. The first-order valence-corrected chi connectivity index (χ1v) is 6.52. The number of hydrogen-bond donors (Lipinski definition) is 0. The van der Waals surface area contributed by atoms with Crippen LogP contribution in [0.15, 0.2) is 16.8 Å². The van der Waals surface area contributed by atoms with E-state index in [1.54, 1.807) is 35.8 Å². The number of aryl methyl sites for hydroxylation is 1. The Bertz CT molecular complexity index is 601. The van der Waals surface area contributed by atoms with Gasteiger partial charge in [0.1, 0.15) is 11.7 Å². The maximum Gasteiger partial charge on any atom is 0.274 e. The lowest BCUT2D eigenvalue weighted by Crippen LogP contribution is -2.30. The third-order valence-electron chi connectivity index (χ3n) is 3.16. The Morgan fingerprint density at radius 3 is 2.60 bits per heavy atom. The Morgan fingerprint density at radius 1 is 1.40 bits per heavy atom. The topological polar surface area (TPSA) is 77.0 Å². The summed E-state index contributed by atoms with van der Waals surface area (Å²) < 4.78 is 6.85. The van der Waals surface area contributed by atoms with Crippen molar-refractivity contribution in [1.82, 2.24) is 24.8 Å². The van der Waals surface area contributed by atoms with Crippen molar-refractivity contribution in [2.24, 2.45) is 0 Å². The van der Waals surface area contributed by atoms with Crippen LogP contribution in [0.2, 0.25) is 0 Å². The van der Waals surface area contributed by atoms with Crippen molar-refractivity contribution in [3.05, 3.63) is 29.7 Å². The van der Waals surface area contributed by atoms with Gasteiger partial charge >= 0.3 is 0 Å². The zero-order chi connectivity index (χ0) is 14.9. The number of nitrogens with zero attached hydrogens (tertiary/aromatic N) is 5. The molecule has 0 saturated heterocycles. The summed E-state index contributed by atoms with van der Waals surface area (Å²) in [6, 6.07) is 1.63. The molecule has 0 aliphatic rings. The minimum Gasteiger partial charge on any atom is -0.337 e. The van der Waals surface area contributed by atoms with Gasteiger partial charge in [-0.1, -0.05) is 5.16 Å². The zero-order valence-corrected chi connectivity index (χ0v) is 12.4. The van der Waals surface area contributed by atoms with Crippen LogP contribution in [0.25, 0.3) is 0 Å². The second-order valence-corrected chi connectivity index (χ2v) is 5.05. The second kappa shape index (κ2) is 5.44. The van der Waals surface area contributed by atoms with Crippen molar-refractivity contribution in [3.63, 3.8) is 0 Å². The molecule has 1 amide bonds. The van der Waals surface area contributed by atoms with E-state index in [1.165, 1.54) is 0 Å². The van der Waals surface area contributed by atoms with Crippen LogP contribution in [-0.2, 0) is 0 Å². The Hall–Kier alpha value is -2.18. The molecule has 0 N–H and O–H groups in total. The van der Waals surface area contributed by atoms with Crippen LogP contribution >= 0.6 is 0 Å². The fraction of sp³-hybridized carbons (Fsp3) is 0.538. The van der Waals surface area contributed by atoms with Crippen molar-refractivity contribution in [1.29, 1.82) is 0 Å². The van der Waals surface area contributed by atoms with Gasteiger partial charge in [-0.2, -0.15) is 10.1 Å². The van der Waals surface area contributed by atoms with Gasteiger partial charge < -0.3 is 9.42 Å². The summed E-state index contributed by atoms with van der Waals surface area (Å²) in [6.45, 7) is 7.60. The molecule has 7 heteroatoms. The summed E-state index contributed by atoms with van der Waals surface area (Å²) in [4.78, 5) is 18.0. The van der Waals surface area contributed by atoms with Gasteiger partial charge in [0.2, 0.25) is 5.89 Å². The molecule has 7 nitrogen and oxygen atoms in total. The third kappa shape index (κ3) is 2.71. The molecule has 108 valence electrons. The Balaban J connectivity index is 2.15. The molecule has 0 bridgehead atoms. The fourth-order valence-corrected chi connectivity index (χ4v) is 1.74. The fourth-order valence-electron chi connectivity index (χ4n) is 1.74. The Morgan fingerprint density at radius 2 is 2.10 bits per heavy atom. The molecule has 2 heterocycles. The number of carbonyl (C=O) groups excluding carboxylic acids is 1. The average Bonchev–Trinajstić information content (AvgIpc) is 3.04. The molecule has 0 spiro atoms. The number of aromatic nitrogens is 4. The maximum atomic E-state index is 12.4. The number of amides is 1. The third-order valence-corrected chi connectivity index (χ3v) is 3.16. The van der Waals surface area contributed by atoms with Crippen molar-refractivity contribution < 1.29 is 9.32 Å². The molecule has 0 fully saturated rings. The molecule has 2 rings (SSSR count). The Labute approximate surface area is 117 Å². The summed E-state index contributed by atoms with van der Waals surface area (Å²) >= 11 is 0. The molecule has 0 radical (unpaired) electrons. The van der Waals surface area contributed by atoms with E-state index in [1.807, 2.05) is 20.8 Å². The first-order valence-electron chi connectivity index (χ1n) is 6.52. The summed E-state index contributed by atoms with van der Waals surface area (Å²) in [5.41, 5.74) is 0.407. The van der Waals surface area contributed by atoms with Gasteiger partial charge in [-0.25, -0.2) is 0 Å². The first-order chi connectivity index (χ1) is 9.40. The highest BCUT2D eigenvalue weighted by molar-refractivity contribution is 5.92. The molecule has 2 aromatic rings. The van der Waals surface area contributed by atoms with Gasteiger partial charge in [-0.3, -0.25) is 9.48 Å². The van der Waals surface area contributed by atoms with Crippen LogP contribution in [0, 0.1) is 6.92 Å². The van der Waals surface area contributed by atoms with E-state index in [2.05, 4.69) is 15.2 Å². The van der Waals surface area contributed by atoms with Crippen molar-refractivity contribution in [2.45, 2.75) is 39.8 Å².